The Balaban J connectivity index is 1.32. The van der Waals surface area contributed by atoms with Crippen LogP contribution in [-0.4, -0.2) is 70.4 Å². The monoisotopic (exact) mass is 397 g/mol. The minimum absolute atomic E-state index is 0.0848. The van der Waals surface area contributed by atoms with Crippen molar-refractivity contribution in [1.29, 1.82) is 0 Å². The minimum atomic E-state index is -0.327. The van der Waals surface area contributed by atoms with E-state index in [-0.39, 0.29) is 24.2 Å². The molecule has 2 aliphatic heterocycles. The van der Waals surface area contributed by atoms with Gasteiger partial charge >= 0.3 is 6.09 Å². The molecule has 4 rings (SSSR count). The first-order valence-corrected chi connectivity index (χ1v) is 10.7. The second-order valence-electron chi connectivity index (χ2n) is 8.63. The van der Waals surface area contributed by atoms with E-state index < -0.39 is 0 Å². The third kappa shape index (κ3) is 4.70. The van der Waals surface area contributed by atoms with Crippen molar-refractivity contribution in [3.63, 3.8) is 0 Å². The van der Waals surface area contributed by atoms with Crippen LogP contribution in [0.1, 0.15) is 32.4 Å². The summed E-state index contributed by atoms with van der Waals surface area (Å²) in [5.74, 6) is 0.201. The van der Waals surface area contributed by atoms with Gasteiger partial charge in [0, 0.05) is 49.2 Å². The van der Waals surface area contributed by atoms with Crippen molar-refractivity contribution in [2.75, 3.05) is 26.2 Å². The number of hydrogen-bond acceptors (Lipinski definition) is 5. The maximum atomic E-state index is 12.1. The number of pyridine rings is 1. The normalized spacial score (nSPS) is 23.8. The summed E-state index contributed by atoms with van der Waals surface area (Å²) < 4.78 is 5.31. The van der Waals surface area contributed by atoms with Crippen LogP contribution >= 0.6 is 0 Å². The Morgan fingerprint density at radius 3 is 2.69 bits per heavy atom. The summed E-state index contributed by atoms with van der Waals surface area (Å²) in [5.41, 5.74) is 2.05. The summed E-state index contributed by atoms with van der Waals surface area (Å²) >= 11 is 0. The third-order valence-corrected chi connectivity index (χ3v) is 6.14. The number of amides is 1. The fourth-order valence-corrected chi connectivity index (χ4v) is 4.57. The van der Waals surface area contributed by atoms with E-state index in [1.165, 1.54) is 0 Å². The number of hydrogen-bond donors (Lipinski definition) is 1. The van der Waals surface area contributed by atoms with Gasteiger partial charge in [0.25, 0.3) is 0 Å². The van der Waals surface area contributed by atoms with Gasteiger partial charge in [-0.3, -0.25) is 9.88 Å². The topological polar surface area (TPSA) is 65.9 Å². The maximum Gasteiger partial charge on any atom is 0.410 e. The van der Waals surface area contributed by atoms with E-state index in [4.69, 9.17) is 9.72 Å². The van der Waals surface area contributed by atoms with Gasteiger partial charge in [0.05, 0.1) is 17.7 Å². The van der Waals surface area contributed by atoms with E-state index in [1.54, 1.807) is 4.90 Å². The molecule has 1 aromatic carbocycles. The molecule has 0 unspecified atom stereocenters. The highest BCUT2D eigenvalue weighted by Crippen LogP contribution is 2.27. The Hall–Kier alpha value is -2.18. The van der Waals surface area contributed by atoms with Crippen molar-refractivity contribution in [2.24, 2.45) is 5.92 Å². The molecule has 3 heterocycles. The smallest absolute Gasteiger partial charge is 0.410 e. The number of aliphatic hydroxyl groups excluding tert-OH is 1. The van der Waals surface area contributed by atoms with Crippen LogP contribution in [-0.2, 0) is 11.2 Å². The highest BCUT2D eigenvalue weighted by molar-refractivity contribution is 5.78. The average molecular weight is 398 g/mol. The van der Waals surface area contributed by atoms with Gasteiger partial charge in [-0.2, -0.15) is 0 Å². The van der Waals surface area contributed by atoms with Crippen molar-refractivity contribution in [3.8, 4) is 0 Å². The van der Waals surface area contributed by atoms with Gasteiger partial charge in [-0.05, 0) is 45.2 Å². The SMILES string of the molecule is CC(C)OC(=O)N1CCC(N2C[C@@H](Cc3ccc4ccccc4n3)[C@H](O)C2)CC1. The summed E-state index contributed by atoms with van der Waals surface area (Å²) in [7, 11) is 0. The van der Waals surface area contributed by atoms with Gasteiger partial charge in [0.1, 0.15) is 0 Å². The minimum Gasteiger partial charge on any atom is -0.447 e. The summed E-state index contributed by atoms with van der Waals surface area (Å²) in [6.45, 7) is 6.79. The molecule has 1 N–H and O–H groups in total. The Kier molecular flexibility index (Phi) is 6.01. The molecule has 0 aliphatic carbocycles. The highest BCUT2D eigenvalue weighted by Gasteiger charge is 2.37. The largest absolute Gasteiger partial charge is 0.447 e. The first-order chi connectivity index (χ1) is 14.0. The average Bonchev–Trinajstić information content (AvgIpc) is 3.08. The van der Waals surface area contributed by atoms with Gasteiger partial charge in [-0.25, -0.2) is 4.79 Å². The van der Waals surface area contributed by atoms with Crippen LogP contribution in [0.2, 0.25) is 0 Å². The number of carbonyl (C=O) groups is 1. The van der Waals surface area contributed by atoms with Crippen LogP contribution in [0, 0.1) is 5.92 Å². The Morgan fingerprint density at radius 1 is 1.17 bits per heavy atom. The molecule has 0 saturated carbocycles. The van der Waals surface area contributed by atoms with E-state index in [1.807, 2.05) is 32.0 Å². The second-order valence-corrected chi connectivity index (χ2v) is 8.63. The standard InChI is InChI=1S/C23H31N3O3/c1-16(2)29-23(28)25-11-9-20(10-12-25)26-14-18(22(27)15-26)13-19-8-7-17-5-3-4-6-21(17)24-19/h3-8,16,18,20,22,27H,9-15H2,1-2H3/t18-,22-/m1/s1. The number of ether oxygens (including phenoxy) is 1. The van der Waals surface area contributed by atoms with Crippen molar-refractivity contribution in [3.05, 3.63) is 42.1 Å². The number of likely N-dealkylation sites (tertiary alicyclic amines) is 2. The quantitative estimate of drug-likeness (QED) is 0.859. The van der Waals surface area contributed by atoms with Crippen LogP contribution in [0.5, 0.6) is 0 Å². The van der Waals surface area contributed by atoms with E-state index in [2.05, 4.69) is 23.1 Å². The Bertz CT molecular complexity index is 848. The first-order valence-electron chi connectivity index (χ1n) is 10.7. The first kappa shape index (κ1) is 20.1. The number of benzene rings is 1. The van der Waals surface area contributed by atoms with Crippen LogP contribution < -0.4 is 0 Å². The van der Waals surface area contributed by atoms with Crippen molar-refractivity contribution >= 4 is 17.0 Å². The lowest BCUT2D eigenvalue weighted by Gasteiger charge is -2.36. The number of carbonyl (C=O) groups excluding carboxylic acids is 1. The molecule has 6 heteroatoms. The van der Waals surface area contributed by atoms with E-state index in [0.717, 1.165) is 55.5 Å². The zero-order chi connectivity index (χ0) is 20.4. The number of β-amino-alcohol motifs (C(OH)–C–C–N with tert-alkyl or cyclic N) is 1. The summed E-state index contributed by atoms with van der Waals surface area (Å²) in [4.78, 5) is 21.1. The molecule has 6 nitrogen and oxygen atoms in total. The van der Waals surface area contributed by atoms with Gasteiger partial charge in [-0.1, -0.05) is 24.3 Å². The predicted octanol–water partition coefficient (Wildman–Crippen LogP) is 3.08. The molecule has 0 bridgehead atoms. The molecule has 2 saturated heterocycles. The van der Waals surface area contributed by atoms with E-state index in [0.29, 0.717) is 12.6 Å². The molecule has 2 atom stereocenters. The second kappa shape index (κ2) is 8.67. The highest BCUT2D eigenvalue weighted by atomic mass is 16.6. The van der Waals surface area contributed by atoms with Gasteiger partial charge in [0.2, 0.25) is 0 Å². The molecule has 2 fully saturated rings. The summed E-state index contributed by atoms with van der Waals surface area (Å²) in [6.07, 6.45) is 2.04. The lowest BCUT2D eigenvalue weighted by atomic mass is 9.99. The van der Waals surface area contributed by atoms with Crippen molar-refractivity contribution in [1.82, 2.24) is 14.8 Å². The molecule has 0 radical (unpaired) electrons. The zero-order valence-electron chi connectivity index (χ0n) is 17.3. The van der Waals surface area contributed by atoms with Crippen LogP contribution in [0.15, 0.2) is 36.4 Å². The number of para-hydroxylation sites is 1. The molecule has 1 aromatic heterocycles. The molecule has 2 aliphatic rings. The number of nitrogens with zero attached hydrogens (tertiary/aromatic N) is 3. The number of aromatic nitrogens is 1. The van der Waals surface area contributed by atoms with Crippen LogP contribution in [0.25, 0.3) is 10.9 Å². The molecule has 0 spiro atoms. The third-order valence-electron chi connectivity index (χ3n) is 6.14. The summed E-state index contributed by atoms with van der Waals surface area (Å²) in [5, 5.41) is 11.8. The van der Waals surface area contributed by atoms with Crippen molar-refractivity contribution in [2.45, 2.75) is 51.4 Å². The molecule has 156 valence electrons. The predicted molar refractivity (Wildman–Crippen MR) is 113 cm³/mol. The number of rotatable bonds is 4. The Morgan fingerprint density at radius 2 is 1.93 bits per heavy atom. The van der Waals surface area contributed by atoms with Gasteiger partial charge in [-0.15, -0.1) is 0 Å². The van der Waals surface area contributed by atoms with E-state index in [9.17, 15) is 9.90 Å². The fraction of sp³-hybridized carbons (Fsp3) is 0.565. The molecule has 29 heavy (non-hydrogen) atoms. The lowest BCUT2D eigenvalue weighted by Crippen LogP contribution is -2.46. The molecular weight excluding hydrogens is 366 g/mol. The maximum absolute atomic E-state index is 12.1. The molecule has 1 amide bonds. The number of fused-ring (bicyclic) bond motifs is 1. The zero-order valence-corrected chi connectivity index (χ0v) is 17.3. The fourth-order valence-electron chi connectivity index (χ4n) is 4.57. The van der Waals surface area contributed by atoms with Gasteiger partial charge in [0.15, 0.2) is 0 Å². The van der Waals surface area contributed by atoms with Gasteiger partial charge < -0.3 is 14.7 Å². The Labute approximate surface area is 172 Å². The number of piperidine rings is 1. The number of aliphatic hydroxyl groups is 1. The lowest BCUT2D eigenvalue weighted by molar-refractivity contribution is 0.0562. The van der Waals surface area contributed by atoms with Crippen LogP contribution in [0.4, 0.5) is 4.79 Å². The molecule has 2 aromatic rings. The van der Waals surface area contributed by atoms with E-state index >= 15 is 0 Å². The molecular formula is C23H31N3O3. The summed E-state index contributed by atoms with van der Waals surface area (Å²) in [6, 6.07) is 12.8. The van der Waals surface area contributed by atoms with Crippen LogP contribution in [0.3, 0.4) is 0 Å². The van der Waals surface area contributed by atoms with Crippen molar-refractivity contribution < 1.29 is 14.6 Å².